The fourth-order valence-electron chi connectivity index (χ4n) is 1.38. The maximum atomic E-state index is 11.7. The molecule has 0 saturated heterocycles. The number of carbonyl (C=O) groups is 2. The predicted molar refractivity (Wildman–Crippen MR) is 72.6 cm³/mol. The number of unbranched alkanes of at least 4 members (excludes halogenated alkanes) is 1. The van der Waals surface area contributed by atoms with Crippen LogP contribution in [0, 0.1) is 0 Å². The maximum Gasteiger partial charge on any atom is 0.338 e. The second-order valence-corrected chi connectivity index (χ2v) is 4.27. The van der Waals surface area contributed by atoms with Crippen LogP contribution in [-0.4, -0.2) is 31.0 Å². The van der Waals surface area contributed by atoms with Crippen LogP contribution in [0.2, 0.25) is 0 Å². The van der Waals surface area contributed by atoms with Gasteiger partial charge in [-0.25, -0.2) is 9.59 Å². The monoisotopic (exact) mass is 284 g/mol. The third-order valence-corrected chi connectivity index (χ3v) is 2.53. The molecule has 0 saturated carbocycles. The Morgan fingerprint density at radius 2 is 1.68 bits per heavy atom. The van der Waals surface area contributed by atoms with Gasteiger partial charge in [0.25, 0.3) is 0 Å². The van der Waals surface area contributed by atoms with E-state index < -0.39 is 11.9 Å². The van der Waals surface area contributed by atoms with E-state index in [2.05, 4.69) is 0 Å². The Balaban J connectivity index is 2.65. The lowest BCUT2D eigenvalue weighted by atomic mass is 10.1. The molecule has 1 aromatic carbocycles. The summed E-state index contributed by atoms with van der Waals surface area (Å²) in [5.41, 5.74) is 0.659. The summed E-state index contributed by atoms with van der Waals surface area (Å²) in [5, 5.41) is 0. The normalized spacial score (nSPS) is 10.0. The van der Waals surface area contributed by atoms with Gasteiger partial charge in [-0.2, -0.15) is 0 Å². The quantitative estimate of drug-likeness (QED) is 0.439. The number of hydrogen-bond acceptors (Lipinski definition) is 4. The molecule has 0 aliphatic heterocycles. The maximum absolute atomic E-state index is 11.7. The number of rotatable bonds is 7. The van der Waals surface area contributed by atoms with Gasteiger partial charge in [0.1, 0.15) is 6.61 Å². The van der Waals surface area contributed by atoms with E-state index in [1.165, 1.54) is 6.07 Å². The highest BCUT2D eigenvalue weighted by atomic mass is 35.5. The highest BCUT2D eigenvalue weighted by molar-refractivity contribution is 6.18. The lowest BCUT2D eigenvalue weighted by molar-refractivity contribution is 0.0499. The lowest BCUT2D eigenvalue weighted by Crippen LogP contribution is -2.10. The van der Waals surface area contributed by atoms with E-state index in [-0.39, 0.29) is 12.5 Å². The van der Waals surface area contributed by atoms with Gasteiger partial charge in [0.05, 0.1) is 23.6 Å². The Labute approximate surface area is 117 Å². The molecule has 0 amide bonds. The van der Waals surface area contributed by atoms with Crippen molar-refractivity contribution < 1.29 is 19.1 Å². The van der Waals surface area contributed by atoms with Crippen LogP contribution in [0.3, 0.4) is 0 Å². The molecule has 0 atom stereocenters. The van der Waals surface area contributed by atoms with E-state index >= 15 is 0 Å². The van der Waals surface area contributed by atoms with E-state index in [0.717, 1.165) is 12.8 Å². The van der Waals surface area contributed by atoms with Crippen molar-refractivity contribution in [2.45, 2.75) is 19.8 Å². The number of alkyl halides is 1. The molecule has 0 heterocycles. The summed E-state index contributed by atoms with van der Waals surface area (Å²) in [6.45, 7) is 2.54. The number of benzene rings is 1. The van der Waals surface area contributed by atoms with Crippen LogP contribution in [0.5, 0.6) is 0 Å². The summed E-state index contributed by atoms with van der Waals surface area (Å²) in [7, 11) is 0. The Bertz CT molecular complexity index is 431. The summed E-state index contributed by atoms with van der Waals surface area (Å²) >= 11 is 5.43. The van der Waals surface area contributed by atoms with Gasteiger partial charge in [0.2, 0.25) is 0 Å². The van der Waals surface area contributed by atoms with Crippen molar-refractivity contribution >= 4 is 23.5 Å². The molecular formula is C14H17ClO4. The topological polar surface area (TPSA) is 52.6 Å². The molecule has 0 N–H and O–H groups in total. The van der Waals surface area contributed by atoms with E-state index in [1.54, 1.807) is 18.2 Å². The molecule has 0 aliphatic carbocycles. The summed E-state index contributed by atoms with van der Waals surface area (Å²) in [4.78, 5) is 23.3. The van der Waals surface area contributed by atoms with Crippen LogP contribution >= 0.6 is 11.6 Å². The fourth-order valence-corrected chi connectivity index (χ4v) is 1.46. The molecule has 5 heteroatoms. The zero-order valence-electron chi connectivity index (χ0n) is 10.9. The van der Waals surface area contributed by atoms with Crippen molar-refractivity contribution in [3.05, 3.63) is 35.4 Å². The molecule has 0 radical (unpaired) electrons. The zero-order valence-corrected chi connectivity index (χ0v) is 11.6. The minimum Gasteiger partial charge on any atom is -0.462 e. The van der Waals surface area contributed by atoms with Gasteiger partial charge in [-0.1, -0.05) is 19.4 Å². The molecule has 1 rings (SSSR count). The van der Waals surface area contributed by atoms with Gasteiger partial charge in [-0.05, 0) is 24.6 Å². The first kappa shape index (κ1) is 15.5. The Kier molecular flexibility index (Phi) is 6.97. The highest BCUT2D eigenvalue weighted by Crippen LogP contribution is 2.09. The second kappa shape index (κ2) is 8.53. The van der Waals surface area contributed by atoms with Gasteiger partial charge < -0.3 is 9.47 Å². The molecule has 0 aliphatic rings. The number of esters is 2. The van der Waals surface area contributed by atoms with Gasteiger partial charge in [0.15, 0.2) is 0 Å². The molecule has 0 aromatic heterocycles. The van der Waals surface area contributed by atoms with E-state index in [9.17, 15) is 9.59 Å². The molecular weight excluding hydrogens is 268 g/mol. The van der Waals surface area contributed by atoms with E-state index in [1.807, 2.05) is 6.92 Å². The number of ether oxygens (including phenoxy) is 2. The molecule has 0 unspecified atom stereocenters. The third-order valence-electron chi connectivity index (χ3n) is 2.38. The molecule has 1 aromatic rings. The number of hydrogen-bond donors (Lipinski definition) is 0. The van der Waals surface area contributed by atoms with E-state index in [4.69, 9.17) is 21.1 Å². The average Bonchev–Trinajstić information content (AvgIpc) is 2.45. The van der Waals surface area contributed by atoms with Crippen LogP contribution in [0.15, 0.2) is 24.3 Å². The van der Waals surface area contributed by atoms with Gasteiger partial charge >= 0.3 is 11.9 Å². The number of carbonyl (C=O) groups excluding carboxylic acids is 2. The minimum absolute atomic E-state index is 0.144. The highest BCUT2D eigenvalue weighted by Gasteiger charge is 2.12. The van der Waals surface area contributed by atoms with Gasteiger partial charge in [0, 0.05) is 0 Å². The van der Waals surface area contributed by atoms with Crippen LogP contribution < -0.4 is 0 Å². The third kappa shape index (κ3) is 5.30. The molecule has 0 bridgehead atoms. The van der Waals surface area contributed by atoms with Crippen LogP contribution in [-0.2, 0) is 9.47 Å². The smallest absolute Gasteiger partial charge is 0.338 e. The van der Waals surface area contributed by atoms with Crippen molar-refractivity contribution in [1.29, 1.82) is 0 Å². The Morgan fingerprint density at radius 1 is 1.11 bits per heavy atom. The summed E-state index contributed by atoms with van der Waals surface area (Å²) < 4.78 is 9.96. The van der Waals surface area contributed by atoms with Crippen molar-refractivity contribution in [3.8, 4) is 0 Å². The minimum atomic E-state index is -0.496. The van der Waals surface area contributed by atoms with Crippen molar-refractivity contribution in [1.82, 2.24) is 0 Å². The molecule has 4 nitrogen and oxygen atoms in total. The first-order chi connectivity index (χ1) is 9.19. The SMILES string of the molecule is CCCCOC(=O)c1cccc(C(=O)OCCCl)c1. The summed E-state index contributed by atoms with van der Waals surface area (Å²) in [5.74, 6) is -0.686. The first-order valence-corrected chi connectivity index (χ1v) is 6.72. The van der Waals surface area contributed by atoms with Crippen LogP contribution in [0.4, 0.5) is 0 Å². The van der Waals surface area contributed by atoms with Crippen LogP contribution in [0.25, 0.3) is 0 Å². The Morgan fingerprint density at radius 3 is 2.21 bits per heavy atom. The lowest BCUT2D eigenvalue weighted by Gasteiger charge is -2.06. The first-order valence-electron chi connectivity index (χ1n) is 6.19. The molecule has 0 fully saturated rings. The van der Waals surface area contributed by atoms with Gasteiger partial charge in [-0.15, -0.1) is 11.6 Å². The predicted octanol–water partition coefficient (Wildman–Crippen LogP) is 3.04. The molecule has 104 valence electrons. The van der Waals surface area contributed by atoms with Crippen molar-refractivity contribution in [2.75, 3.05) is 19.1 Å². The molecule has 0 spiro atoms. The largest absolute Gasteiger partial charge is 0.462 e. The van der Waals surface area contributed by atoms with Crippen molar-refractivity contribution in [2.24, 2.45) is 0 Å². The van der Waals surface area contributed by atoms with Crippen molar-refractivity contribution in [3.63, 3.8) is 0 Å². The average molecular weight is 285 g/mol. The second-order valence-electron chi connectivity index (χ2n) is 3.90. The summed E-state index contributed by atoms with van der Waals surface area (Å²) in [6.07, 6.45) is 1.78. The molecule has 19 heavy (non-hydrogen) atoms. The summed E-state index contributed by atoms with van der Waals surface area (Å²) in [6, 6.07) is 6.27. The fraction of sp³-hybridized carbons (Fsp3) is 0.429. The zero-order chi connectivity index (χ0) is 14.1. The Hall–Kier alpha value is -1.55. The van der Waals surface area contributed by atoms with Crippen LogP contribution in [0.1, 0.15) is 40.5 Å². The van der Waals surface area contributed by atoms with Gasteiger partial charge in [-0.3, -0.25) is 0 Å². The van der Waals surface area contributed by atoms with E-state index in [0.29, 0.717) is 17.7 Å². The standard InChI is InChI=1S/C14H17ClO4/c1-2-3-8-18-13(16)11-5-4-6-12(10-11)14(17)19-9-7-15/h4-6,10H,2-3,7-9H2,1H3. The number of halogens is 1.